The monoisotopic (exact) mass is 285 g/mol. The summed E-state index contributed by atoms with van der Waals surface area (Å²) in [4.78, 5) is 4.25. The number of rotatable bonds is 3. The molecular weight excluding hydrogens is 270 g/mol. The lowest BCUT2D eigenvalue weighted by atomic mass is 9.91. The molecule has 0 aromatic heterocycles. The second-order valence-electron chi connectivity index (χ2n) is 4.38. The van der Waals surface area contributed by atoms with Gasteiger partial charge in [0.1, 0.15) is 0 Å². The molecule has 1 aliphatic rings. The normalized spacial score (nSPS) is 24.0. The van der Waals surface area contributed by atoms with Crippen molar-refractivity contribution in [2.75, 3.05) is 5.75 Å². The second kappa shape index (κ2) is 5.03. The summed E-state index contributed by atoms with van der Waals surface area (Å²) in [6.07, 6.45) is 1.43. The van der Waals surface area contributed by atoms with Crippen molar-refractivity contribution in [1.29, 1.82) is 0 Å². The first-order chi connectivity index (χ1) is 8.45. The number of hydrogen-bond acceptors (Lipinski definition) is 4. The van der Waals surface area contributed by atoms with Crippen LogP contribution in [0.15, 0.2) is 35.3 Å². The molecule has 0 amide bonds. The van der Waals surface area contributed by atoms with Crippen molar-refractivity contribution >= 4 is 26.3 Å². The molecule has 1 aliphatic heterocycles. The second-order valence-corrected chi connectivity index (χ2v) is 6.94. The third kappa shape index (κ3) is 2.93. The Bertz CT molecular complexity index is 554. The fourth-order valence-electron chi connectivity index (χ4n) is 1.96. The molecule has 1 aromatic carbocycles. The van der Waals surface area contributed by atoms with Gasteiger partial charge in [-0.15, -0.1) is 0 Å². The minimum atomic E-state index is -4.16. The van der Waals surface area contributed by atoms with Crippen molar-refractivity contribution in [3.63, 3.8) is 0 Å². The molecule has 2 rings (SSSR count). The van der Waals surface area contributed by atoms with Crippen molar-refractivity contribution in [3.05, 3.63) is 35.9 Å². The van der Waals surface area contributed by atoms with Gasteiger partial charge in [-0.1, -0.05) is 49.0 Å². The molecule has 1 aromatic rings. The topological polar surface area (TPSA) is 66.7 Å². The summed E-state index contributed by atoms with van der Waals surface area (Å²) in [6.45, 7) is 1.99. The largest absolute Gasteiger partial charge is 0.318 e. The summed E-state index contributed by atoms with van der Waals surface area (Å²) in [5, 5.41) is 0. The van der Waals surface area contributed by atoms with Gasteiger partial charge in [0, 0.05) is 5.75 Å². The molecule has 1 N–H and O–H groups in total. The number of hydrogen-bond donors (Lipinski definition) is 1. The fraction of sp³-hybridized carbons (Fsp3) is 0.417. The molecule has 1 unspecified atom stereocenters. The van der Waals surface area contributed by atoms with E-state index in [1.807, 2.05) is 37.3 Å². The Morgan fingerprint density at radius 1 is 1.39 bits per heavy atom. The van der Waals surface area contributed by atoms with Crippen LogP contribution < -0.4 is 0 Å². The van der Waals surface area contributed by atoms with Gasteiger partial charge in [0.05, 0.1) is 5.54 Å². The summed E-state index contributed by atoms with van der Waals surface area (Å²) >= 11 is 1.11. The molecule has 0 saturated heterocycles. The van der Waals surface area contributed by atoms with Gasteiger partial charge in [0.2, 0.25) is 4.38 Å². The van der Waals surface area contributed by atoms with Gasteiger partial charge in [-0.05, 0) is 18.4 Å². The maximum Gasteiger partial charge on any atom is 0.318 e. The highest BCUT2D eigenvalue weighted by molar-refractivity contribution is 8.33. The highest BCUT2D eigenvalue weighted by atomic mass is 32.3. The summed E-state index contributed by atoms with van der Waals surface area (Å²) in [5.41, 5.74) is 0.706. The number of nitrogens with zero attached hydrogens (tertiary/aromatic N) is 1. The lowest BCUT2D eigenvalue weighted by Gasteiger charge is -2.23. The van der Waals surface area contributed by atoms with Gasteiger partial charge in [-0.3, -0.25) is 9.55 Å². The molecular formula is C12H15NO3S2. The van der Waals surface area contributed by atoms with E-state index in [1.54, 1.807) is 0 Å². The van der Waals surface area contributed by atoms with Crippen molar-refractivity contribution in [3.8, 4) is 0 Å². The van der Waals surface area contributed by atoms with Gasteiger partial charge in [0.25, 0.3) is 0 Å². The molecule has 18 heavy (non-hydrogen) atoms. The summed E-state index contributed by atoms with van der Waals surface area (Å²) < 4.78 is 31.1. The van der Waals surface area contributed by atoms with Crippen LogP contribution in [0.3, 0.4) is 0 Å². The smallest absolute Gasteiger partial charge is 0.280 e. The molecule has 1 heterocycles. The molecule has 0 spiro atoms. The van der Waals surface area contributed by atoms with Gasteiger partial charge in [-0.2, -0.15) is 8.42 Å². The highest BCUT2D eigenvalue weighted by Gasteiger charge is 2.37. The van der Waals surface area contributed by atoms with E-state index in [1.165, 1.54) is 0 Å². The van der Waals surface area contributed by atoms with Crippen LogP contribution >= 0.6 is 11.8 Å². The van der Waals surface area contributed by atoms with Crippen LogP contribution in [0.1, 0.15) is 18.9 Å². The molecule has 0 radical (unpaired) electrons. The Kier molecular flexibility index (Phi) is 3.79. The van der Waals surface area contributed by atoms with E-state index in [9.17, 15) is 8.42 Å². The van der Waals surface area contributed by atoms with Crippen molar-refractivity contribution in [2.45, 2.75) is 25.3 Å². The summed E-state index contributed by atoms with van der Waals surface area (Å²) in [5.74, 6) is 0.591. The van der Waals surface area contributed by atoms with E-state index < -0.39 is 15.7 Å². The SMILES string of the molecule is CCC1(Cc2ccccc2)CSC(S(=O)(=O)O)=N1. The Balaban J connectivity index is 2.27. The third-order valence-electron chi connectivity index (χ3n) is 3.05. The molecule has 0 saturated carbocycles. The minimum Gasteiger partial charge on any atom is -0.280 e. The van der Waals surface area contributed by atoms with Crippen LogP contribution in [0.5, 0.6) is 0 Å². The zero-order valence-electron chi connectivity index (χ0n) is 10.0. The average molecular weight is 285 g/mol. The first-order valence-electron chi connectivity index (χ1n) is 5.69. The van der Waals surface area contributed by atoms with Crippen molar-refractivity contribution in [2.24, 2.45) is 4.99 Å². The Morgan fingerprint density at radius 3 is 2.56 bits per heavy atom. The predicted molar refractivity (Wildman–Crippen MR) is 74.6 cm³/mol. The molecule has 0 aliphatic carbocycles. The maximum absolute atomic E-state index is 11.1. The third-order valence-corrected chi connectivity index (χ3v) is 5.59. The molecule has 98 valence electrons. The Hall–Kier alpha value is -0.850. The lowest BCUT2D eigenvalue weighted by molar-refractivity contribution is 0.467. The van der Waals surface area contributed by atoms with E-state index in [4.69, 9.17) is 4.55 Å². The first kappa shape index (κ1) is 13.6. The Labute approximate surface area is 111 Å². The van der Waals surface area contributed by atoms with Gasteiger partial charge < -0.3 is 0 Å². The van der Waals surface area contributed by atoms with Crippen molar-refractivity contribution < 1.29 is 13.0 Å². The van der Waals surface area contributed by atoms with Gasteiger partial charge in [0.15, 0.2) is 0 Å². The van der Waals surface area contributed by atoms with Crippen LogP contribution in [0, 0.1) is 0 Å². The van der Waals surface area contributed by atoms with Crippen LogP contribution in [-0.4, -0.2) is 28.6 Å². The number of benzene rings is 1. The molecule has 0 bridgehead atoms. The number of thioether (sulfide) groups is 1. The van der Waals surface area contributed by atoms with E-state index in [2.05, 4.69) is 4.99 Å². The average Bonchev–Trinajstić information content (AvgIpc) is 2.75. The van der Waals surface area contributed by atoms with E-state index >= 15 is 0 Å². The number of aliphatic imine (C=N–C) groups is 1. The minimum absolute atomic E-state index is 0.153. The maximum atomic E-state index is 11.1. The van der Waals surface area contributed by atoms with E-state index in [-0.39, 0.29) is 4.38 Å². The van der Waals surface area contributed by atoms with Crippen LogP contribution in [0.2, 0.25) is 0 Å². The zero-order chi connectivity index (χ0) is 13.2. The van der Waals surface area contributed by atoms with Crippen LogP contribution in [0.4, 0.5) is 0 Å². The summed E-state index contributed by atoms with van der Waals surface area (Å²) in [6, 6.07) is 9.85. The van der Waals surface area contributed by atoms with Crippen molar-refractivity contribution in [1.82, 2.24) is 0 Å². The molecule has 6 heteroatoms. The fourth-order valence-corrected chi connectivity index (χ4v) is 4.06. The van der Waals surface area contributed by atoms with Crippen LogP contribution in [0.25, 0.3) is 0 Å². The quantitative estimate of drug-likeness (QED) is 0.866. The predicted octanol–water partition coefficient (Wildman–Crippen LogP) is 2.37. The lowest BCUT2D eigenvalue weighted by Crippen LogP contribution is -2.29. The summed E-state index contributed by atoms with van der Waals surface area (Å²) in [7, 11) is -4.16. The first-order valence-corrected chi connectivity index (χ1v) is 8.12. The van der Waals surface area contributed by atoms with Gasteiger partial charge >= 0.3 is 10.1 Å². The molecule has 0 fully saturated rings. The van der Waals surface area contributed by atoms with Crippen LogP contribution in [-0.2, 0) is 16.5 Å². The Morgan fingerprint density at radius 2 is 2.06 bits per heavy atom. The zero-order valence-corrected chi connectivity index (χ0v) is 11.7. The molecule has 1 atom stereocenters. The van der Waals surface area contributed by atoms with E-state index in [0.717, 1.165) is 23.7 Å². The molecule has 4 nitrogen and oxygen atoms in total. The highest BCUT2D eigenvalue weighted by Crippen LogP contribution is 2.35. The van der Waals surface area contributed by atoms with Gasteiger partial charge in [-0.25, -0.2) is 0 Å². The van der Waals surface area contributed by atoms with E-state index in [0.29, 0.717) is 12.2 Å². The standard InChI is InChI=1S/C12H15NO3S2/c1-2-12(8-10-6-4-3-5-7-10)9-17-11(13-12)18(14,15)16/h3-7H,2,8-9H2,1H3,(H,14,15,16).